The van der Waals surface area contributed by atoms with E-state index in [1.165, 1.54) is 12.1 Å². The van der Waals surface area contributed by atoms with Crippen molar-refractivity contribution in [2.24, 2.45) is 0 Å². The van der Waals surface area contributed by atoms with Gasteiger partial charge in [-0.2, -0.15) is 0 Å². The maximum absolute atomic E-state index is 13.1. The number of amides is 1. The summed E-state index contributed by atoms with van der Waals surface area (Å²) in [6.07, 6.45) is 0. The number of hydrogen-bond donors (Lipinski definition) is 2. The zero-order valence-electron chi connectivity index (χ0n) is 14.4. The first-order valence-corrected chi connectivity index (χ1v) is 7.98. The van der Waals surface area contributed by atoms with E-state index in [2.05, 4.69) is 10.6 Å². The number of halogens is 2. The fourth-order valence-corrected chi connectivity index (χ4v) is 2.48. The summed E-state index contributed by atoms with van der Waals surface area (Å²) in [5.41, 5.74) is 1.99. The van der Waals surface area contributed by atoms with Crippen LogP contribution >= 0.6 is 11.6 Å². The summed E-state index contributed by atoms with van der Waals surface area (Å²) in [5, 5.41) is 5.94. The molecule has 2 rings (SSSR count). The van der Waals surface area contributed by atoms with Crippen molar-refractivity contribution in [3.8, 4) is 11.5 Å². The van der Waals surface area contributed by atoms with Gasteiger partial charge in [-0.1, -0.05) is 11.6 Å². The van der Waals surface area contributed by atoms with Gasteiger partial charge in [0.2, 0.25) is 5.91 Å². The molecule has 1 atom stereocenters. The Morgan fingerprint density at radius 1 is 1.12 bits per heavy atom. The average Bonchev–Trinajstić information content (AvgIpc) is 2.58. The Morgan fingerprint density at radius 2 is 1.76 bits per heavy atom. The summed E-state index contributed by atoms with van der Waals surface area (Å²) in [4.78, 5) is 12.4. The van der Waals surface area contributed by atoms with E-state index >= 15 is 0 Å². The molecule has 0 radical (unpaired) electrons. The number of carbonyl (C=O) groups is 1. The van der Waals surface area contributed by atoms with E-state index in [1.54, 1.807) is 27.2 Å². The zero-order valence-corrected chi connectivity index (χ0v) is 15.2. The molecule has 0 aliphatic carbocycles. The second-order valence-electron chi connectivity index (χ2n) is 5.50. The molecule has 5 nitrogen and oxygen atoms in total. The van der Waals surface area contributed by atoms with Crippen molar-refractivity contribution < 1.29 is 18.7 Å². The molecule has 0 spiro atoms. The van der Waals surface area contributed by atoms with Gasteiger partial charge in [0.25, 0.3) is 0 Å². The number of methoxy groups -OCH3 is 2. The van der Waals surface area contributed by atoms with Gasteiger partial charge >= 0.3 is 0 Å². The number of benzene rings is 2. The van der Waals surface area contributed by atoms with Gasteiger partial charge < -0.3 is 20.1 Å². The number of nitrogens with one attached hydrogen (secondary N) is 2. The molecule has 25 heavy (non-hydrogen) atoms. The Balaban J connectivity index is 2.13. The molecule has 0 fully saturated rings. The Kier molecular flexibility index (Phi) is 6.09. The lowest BCUT2D eigenvalue weighted by atomic mass is 10.1. The molecule has 0 aliphatic rings. The number of ether oxygens (including phenoxy) is 2. The molecule has 0 unspecified atom stereocenters. The van der Waals surface area contributed by atoms with Gasteiger partial charge in [0, 0.05) is 11.8 Å². The molecule has 1 amide bonds. The third kappa shape index (κ3) is 4.54. The second kappa shape index (κ2) is 8.07. The van der Waals surface area contributed by atoms with Crippen LogP contribution in [0.25, 0.3) is 0 Å². The smallest absolute Gasteiger partial charge is 0.246 e. The molecule has 0 saturated carbocycles. The highest BCUT2D eigenvalue weighted by molar-refractivity contribution is 6.33. The fraction of sp³-hybridized carbons (Fsp3) is 0.278. The van der Waals surface area contributed by atoms with Crippen LogP contribution in [0.3, 0.4) is 0 Å². The van der Waals surface area contributed by atoms with Crippen molar-refractivity contribution in [3.63, 3.8) is 0 Å². The van der Waals surface area contributed by atoms with E-state index in [1.807, 2.05) is 13.0 Å². The van der Waals surface area contributed by atoms with Crippen molar-refractivity contribution >= 4 is 28.9 Å². The van der Waals surface area contributed by atoms with Crippen LogP contribution in [0, 0.1) is 12.7 Å². The third-order valence-electron chi connectivity index (χ3n) is 3.68. The lowest BCUT2D eigenvalue weighted by Crippen LogP contribution is -2.32. The molecule has 0 saturated heterocycles. The van der Waals surface area contributed by atoms with Crippen LogP contribution in [-0.2, 0) is 4.79 Å². The highest BCUT2D eigenvalue weighted by Gasteiger charge is 2.17. The molecule has 0 aliphatic heterocycles. The fourth-order valence-electron chi connectivity index (χ4n) is 2.27. The molecule has 7 heteroatoms. The Labute approximate surface area is 151 Å². The van der Waals surface area contributed by atoms with E-state index in [9.17, 15) is 9.18 Å². The molecular weight excluding hydrogens is 347 g/mol. The van der Waals surface area contributed by atoms with Gasteiger partial charge in [0.1, 0.15) is 11.9 Å². The van der Waals surface area contributed by atoms with E-state index in [0.29, 0.717) is 17.2 Å². The molecule has 2 aromatic carbocycles. The lowest BCUT2D eigenvalue weighted by Gasteiger charge is -2.19. The quantitative estimate of drug-likeness (QED) is 0.802. The summed E-state index contributed by atoms with van der Waals surface area (Å²) < 4.78 is 23.6. The lowest BCUT2D eigenvalue weighted by molar-refractivity contribution is -0.116. The van der Waals surface area contributed by atoms with Gasteiger partial charge in [0.15, 0.2) is 11.5 Å². The number of rotatable bonds is 6. The van der Waals surface area contributed by atoms with E-state index in [-0.39, 0.29) is 10.9 Å². The molecule has 2 N–H and O–H groups in total. The molecule has 0 heterocycles. The topological polar surface area (TPSA) is 59.6 Å². The summed E-state index contributed by atoms with van der Waals surface area (Å²) >= 11 is 5.93. The normalized spacial score (nSPS) is 11.6. The number of hydrogen-bond acceptors (Lipinski definition) is 4. The van der Waals surface area contributed by atoms with Crippen LogP contribution in [0.15, 0.2) is 30.3 Å². The van der Waals surface area contributed by atoms with Crippen LogP contribution in [0.1, 0.15) is 12.5 Å². The Bertz CT molecular complexity index is 783. The van der Waals surface area contributed by atoms with Gasteiger partial charge in [-0.15, -0.1) is 0 Å². The van der Waals surface area contributed by atoms with Crippen molar-refractivity contribution in [3.05, 3.63) is 46.7 Å². The number of aryl methyl sites for hydroxylation is 1. The maximum Gasteiger partial charge on any atom is 0.246 e. The molecule has 2 aromatic rings. The Morgan fingerprint density at radius 3 is 2.36 bits per heavy atom. The van der Waals surface area contributed by atoms with Crippen LogP contribution in [0.5, 0.6) is 11.5 Å². The molecule has 134 valence electrons. The predicted molar refractivity (Wildman–Crippen MR) is 97.4 cm³/mol. The first-order chi connectivity index (χ1) is 11.8. The number of carbonyl (C=O) groups excluding carboxylic acids is 1. The van der Waals surface area contributed by atoms with Crippen LogP contribution in [0.2, 0.25) is 5.02 Å². The molecule has 0 bridgehead atoms. The van der Waals surface area contributed by atoms with E-state index in [4.69, 9.17) is 21.1 Å². The maximum atomic E-state index is 13.1. The predicted octanol–water partition coefficient (Wildman–Crippen LogP) is 4.24. The van der Waals surface area contributed by atoms with Gasteiger partial charge in [-0.3, -0.25) is 4.79 Å². The van der Waals surface area contributed by atoms with Crippen molar-refractivity contribution in [2.45, 2.75) is 19.9 Å². The van der Waals surface area contributed by atoms with E-state index in [0.717, 1.165) is 17.3 Å². The summed E-state index contributed by atoms with van der Waals surface area (Å²) in [7, 11) is 3.11. The first-order valence-electron chi connectivity index (χ1n) is 7.60. The minimum Gasteiger partial charge on any atom is -0.493 e. The highest BCUT2D eigenvalue weighted by atomic mass is 35.5. The first kappa shape index (κ1) is 18.9. The van der Waals surface area contributed by atoms with Gasteiger partial charge in [-0.25, -0.2) is 4.39 Å². The minimum absolute atomic E-state index is 0.142. The molecule has 0 aromatic heterocycles. The van der Waals surface area contributed by atoms with Crippen LogP contribution in [-0.4, -0.2) is 26.2 Å². The monoisotopic (exact) mass is 366 g/mol. The van der Waals surface area contributed by atoms with Crippen LogP contribution in [0.4, 0.5) is 15.8 Å². The zero-order chi connectivity index (χ0) is 18.6. The summed E-state index contributed by atoms with van der Waals surface area (Å²) in [6.45, 7) is 3.61. The average molecular weight is 367 g/mol. The van der Waals surface area contributed by atoms with Crippen molar-refractivity contribution in [1.29, 1.82) is 0 Å². The van der Waals surface area contributed by atoms with Crippen molar-refractivity contribution in [2.75, 3.05) is 24.9 Å². The van der Waals surface area contributed by atoms with E-state index < -0.39 is 11.9 Å². The Hall–Kier alpha value is -2.47. The van der Waals surface area contributed by atoms with Crippen molar-refractivity contribution in [1.82, 2.24) is 0 Å². The second-order valence-corrected chi connectivity index (χ2v) is 5.91. The number of anilines is 2. The summed E-state index contributed by atoms with van der Waals surface area (Å²) in [5.74, 6) is 0.406. The minimum atomic E-state index is -0.557. The SMILES string of the molecule is COc1cc(C)c(N[C@H](C)C(=O)Nc2ccc(F)cc2Cl)cc1OC. The third-order valence-corrected chi connectivity index (χ3v) is 4.00. The summed E-state index contributed by atoms with van der Waals surface area (Å²) in [6, 6.07) is 6.83. The van der Waals surface area contributed by atoms with Crippen LogP contribution < -0.4 is 20.1 Å². The van der Waals surface area contributed by atoms with Gasteiger partial charge in [-0.05, 0) is 43.7 Å². The van der Waals surface area contributed by atoms with Gasteiger partial charge in [0.05, 0.1) is 24.9 Å². The standard InChI is InChI=1S/C18H20ClFN2O3/c1-10-7-16(24-3)17(25-4)9-15(10)21-11(2)18(23)22-14-6-5-12(20)8-13(14)19/h5-9,11,21H,1-4H3,(H,22,23)/t11-/m1/s1. The largest absolute Gasteiger partial charge is 0.493 e. The molecular formula is C18H20ClFN2O3. The highest BCUT2D eigenvalue weighted by Crippen LogP contribution is 2.33.